The largest absolute Gasteiger partial charge is 0.444 e. The molecule has 0 aromatic carbocycles. The maximum absolute atomic E-state index is 12.1. The number of aliphatic hydroxyl groups is 1. The number of hydrogen-bond donors (Lipinski definition) is 3. The SMILES string of the molecule is CCNC(=NCC(C)(O)c1ccsc1)NCC(C)CN(C)C(=O)OC(C)(C)C.I. The fourth-order valence-electron chi connectivity index (χ4n) is 2.45. The Bertz CT molecular complexity index is 630. The zero-order valence-corrected chi connectivity index (χ0v) is 21.8. The van der Waals surface area contributed by atoms with Gasteiger partial charge in [0.2, 0.25) is 0 Å². The molecule has 0 aliphatic heterocycles. The first-order valence-electron chi connectivity index (χ1n) is 9.66. The van der Waals surface area contributed by atoms with E-state index in [0.717, 1.165) is 12.1 Å². The van der Waals surface area contributed by atoms with E-state index in [1.807, 2.05) is 44.5 Å². The van der Waals surface area contributed by atoms with E-state index in [4.69, 9.17) is 4.74 Å². The number of carbonyl (C=O) groups is 1. The molecular weight excluding hydrogens is 503 g/mol. The second-order valence-electron chi connectivity index (χ2n) is 8.33. The summed E-state index contributed by atoms with van der Waals surface area (Å²) in [5.41, 5.74) is -0.647. The molecule has 0 saturated carbocycles. The maximum Gasteiger partial charge on any atom is 0.410 e. The van der Waals surface area contributed by atoms with E-state index in [0.29, 0.717) is 19.0 Å². The van der Waals surface area contributed by atoms with Gasteiger partial charge in [-0.1, -0.05) is 6.92 Å². The standard InChI is InChI=1S/C20H36N4O3S.HI/c1-8-21-17(23-14-20(6,26)16-9-10-28-13-16)22-11-15(2)12-24(7)18(25)27-19(3,4)5;/h9-10,13,15,26H,8,11-12,14H2,1-7H3,(H2,21,22,23);1H. The number of carbonyl (C=O) groups excluding carboxylic acids is 1. The lowest BCUT2D eigenvalue weighted by Crippen LogP contribution is -2.43. The van der Waals surface area contributed by atoms with Crippen molar-refractivity contribution < 1.29 is 14.6 Å². The van der Waals surface area contributed by atoms with Gasteiger partial charge in [0.1, 0.15) is 11.2 Å². The number of nitrogens with zero attached hydrogens (tertiary/aromatic N) is 2. The van der Waals surface area contributed by atoms with Crippen LogP contribution in [0.5, 0.6) is 0 Å². The lowest BCUT2D eigenvalue weighted by molar-refractivity contribution is 0.0277. The van der Waals surface area contributed by atoms with Crippen LogP contribution in [0.2, 0.25) is 0 Å². The Morgan fingerprint density at radius 2 is 2.00 bits per heavy atom. The minimum atomic E-state index is -1.01. The summed E-state index contributed by atoms with van der Waals surface area (Å²) < 4.78 is 5.38. The second kappa shape index (κ2) is 12.6. The summed E-state index contributed by atoms with van der Waals surface area (Å²) in [5.74, 6) is 0.837. The van der Waals surface area contributed by atoms with E-state index in [1.165, 1.54) is 0 Å². The van der Waals surface area contributed by atoms with Crippen molar-refractivity contribution in [2.45, 2.75) is 52.7 Å². The molecule has 0 aliphatic rings. The monoisotopic (exact) mass is 540 g/mol. The van der Waals surface area contributed by atoms with E-state index in [1.54, 1.807) is 30.2 Å². The lowest BCUT2D eigenvalue weighted by atomic mass is 10.00. The van der Waals surface area contributed by atoms with Crippen LogP contribution in [0.1, 0.15) is 47.1 Å². The second-order valence-corrected chi connectivity index (χ2v) is 9.11. The van der Waals surface area contributed by atoms with E-state index < -0.39 is 11.2 Å². The van der Waals surface area contributed by atoms with Crippen molar-refractivity contribution in [3.8, 4) is 0 Å². The first-order chi connectivity index (χ1) is 12.9. The van der Waals surface area contributed by atoms with Crippen LogP contribution in [0.25, 0.3) is 0 Å². The number of guanidine groups is 1. The number of halogens is 1. The predicted molar refractivity (Wildman–Crippen MR) is 131 cm³/mol. The molecule has 2 unspecified atom stereocenters. The predicted octanol–water partition coefficient (Wildman–Crippen LogP) is 3.63. The van der Waals surface area contributed by atoms with Gasteiger partial charge in [0.25, 0.3) is 0 Å². The molecule has 0 aliphatic carbocycles. The van der Waals surface area contributed by atoms with Crippen molar-refractivity contribution in [2.24, 2.45) is 10.9 Å². The van der Waals surface area contributed by atoms with Crippen LogP contribution >= 0.6 is 35.3 Å². The summed E-state index contributed by atoms with van der Waals surface area (Å²) in [6.07, 6.45) is -0.327. The molecule has 3 N–H and O–H groups in total. The molecule has 0 radical (unpaired) electrons. The molecule has 9 heteroatoms. The smallest absolute Gasteiger partial charge is 0.410 e. The molecule has 2 atom stereocenters. The van der Waals surface area contributed by atoms with Crippen molar-refractivity contribution in [1.82, 2.24) is 15.5 Å². The first-order valence-corrected chi connectivity index (χ1v) is 10.6. The Morgan fingerprint density at radius 1 is 1.34 bits per heavy atom. The molecule has 1 rings (SSSR count). The summed E-state index contributed by atoms with van der Waals surface area (Å²) in [7, 11) is 1.74. The highest BCUT2D eigenvalue weighted by atomic mass is 127. The van der Waals surface area contributed by atoms with Crippen LogP contribution in [-0.2, 0) is 10.3 Å². The Balaban J connectivity index is 0.00000784. The Labute approximate surface area is 196 Å². The summed E-state index contributed by atoms with van der Waals surface area (Å²) in [5, 5.41) is 21.0. The van der Waals surface area contributed by atoms with E-state index in [-0.39, 0.29) is 42.5 Å². The van der Waals surface area contributed by atoms with Crippen molar-refractivity contribution in [1.29, 1.82) is 0 Å². The van der Waals surface area contributed by atoms with Gasteiger partial charge in [-0.05, 0) is 62.9 Å². The molecule has 1 heterocycles. The van der Waals surface area contributed by atoms with E-state index in [2.05, 4.69) is 22.5 Å². The van der Waals surface area contributed by atoms with Crippen LogP contribution in [0, 0.1) is 5.92 Å². The van der Waals surface area contributed by atoms with Gasteiger partial charge in [0, 0.05) is 26.7 Å². The molecular formula is C20H37IN4O3S. The van der Waals surface area contributed by atoms with Gasteiger partial charge in [-0.3, -0.25) is 0 Å². The van der Waals surface area contributed by atoms with Crippen LogP contribution in [-0.4, -0.2) is 60.9 Å². The maximum atomic E-state index is 12.1. The fourth-order valence-corrected chi connectivity index (χ4v) is 3.24. The Morgan fingerprint density at radius 3 is 2.52 bits per heavy atom. The number of ether oxygens (including phenoxy) is 1. The molecule has 1 amide bonds. The topological polar surface area (TPSA) is 86.2 Å². The van der Waals surface area contributed by atoms with Crippen molar-refractivity contribution in [3.05, 3.63) is 22.4 Å². The number of aliphatic imine (C=N–C) groups is 1. The average Bonchev–Trinajstić information content (AvgIpc) is 3.11. The third-order valence-corrected chi connectivity index (χ3v) is 4.62. The minimum absolute atomic E-state index is 0. The van der Waals surface area contributed by atoms with E-state index in [9.17, 15) is 9.90 Å². The normalized spacial score (nSPS) is 15.0. The van der Waals surface area contributed by atoms with Crippen molar-refractivity contribution >= 4 is 47.4 Å². The molecule has 1 aromatic rings. The van der Waals surface area contributed by atoms with Gasteiger partial charge >= 0.3 is 6.09 Å². The Kier molecular flexibility index (Phi) is 12.1. The summed E-state index contributed by atoms with van der Waals surface area (Å²) in [4.78, 5) is 18.2. The molecule has 1 aromatic heterocycles. The molecule has 0 spiro atoms. The molecule has 168 valence electrons. The van der Waals surface area contributed by atoms with Crippen molar-refractivity contribution in [2.75, 3.05) is 33.2 Å². The van der Waals surface area contributed by atoms with Gasteiger partial charge < -0.3 is 25.4 Å². The number of nitrogens with one attached hydrogen (secondary N) is 2. The van der Waals surface area contributed by atoms with Gasteiger partial charge in [0.15, 0.2) is 5.96 Å². The molecule has 0 saturated heterocycles. The number of amides is 1. The zero-order valence-electron chi connectivity index (χ0n) is 18.6. The summed E-state index contributed by atoms with van der Waals surface area (Å²) >= 11 is 1.55. The van der Waals surface area contributed by atoms with Crippen LogP contribution < -0.4 is 10.6 Å². The van der Waals surface area contributed by atoms with Crippen LogP contribution in [0.3, 0.4) is 0 Å². The van der Waals surface area contributed by atoms with Gasteiger partial charge in [0.05, 0.1) is 6.54 Å². The third-order valence-electron chi connectivity index (χ3n) is 3.94. The van der Waals surface area contributed by atoms with Gasteiger partial charge in [-0.25, -0.2) is 9.79 Å². The van der Waals surface area contributed by atoms with Gasteiger partial charge in [-0.15, -0.1) is 24.0 Å². The highest BCUT2D eigenvalue weighted by Crippen LogP contribution is 2.23. The first kappa shape index (κ1) is 27.9. The van der Waals surface area contributed by atoms with Gasteiger partial charge in [-0.2, -0.15) is 11.3 Å². The quantitative estimate of drug-likeness (QED) is 0.267. The lowest BCUT2D eigenvalue weighted by Gasteiger charge is -2.27. The van der Waals surface area contributed by atoms with Crippen LogP contribution in [0.4, 0.5) is 4.79 Å². The van der Waals surface area contributed by atoms with Crippen LogP contribution in [0.15, 0.2) is 21.8 Å². The summed E-state index contributed by atoms with van der Waals surface area (Å²) in [6.45, 7) is 13.6. The van der Waals surface area contributed by atoms with Crippen molar-refractivity contribution in [3.63, 3.8) is 0 Å². The molecule has 7 nitrogen and oxygen atoms in total. The fraction of sp³-hybridized carbons (Fsp3) is 0.700. The highest BCUT2D eigenvalue weighted by Gasteiger charge is 2.24. The number of thiophene rings is 1. The summed E-state index contributed by atoms with van der Waals surface area (Å²) in [6, 6.07) is 1.91. The number of hydrogen-bond acceptors (Lipinski definition) is 5. The zero-order chi connectivity index (χ0) is 21.4. The minimum Gasteiger partial charge on any atom is -0.444 e. The average molecular weight is 541 g/mol. The Hall–Kier alpha value is -1.07. The molecule has 29 heavy (non-hydrogen) atoms. The third kappa shape index (κ3) is 11.0. The van der Waals surface area contributed by atoms with E-state index >= 15 is 0 Å². The molecule has 0 bridgehead atoms. The number of rotatable bonds is 8. The highest BCUT2D eigenvalue weighted by molar-refractivity contribution is 14.0. The molecule has 0 fully saturated rings.